The smallest absolute Gasteiger partial charge is 0.371 e. The van der Waals surface area contributed by atoms with Gasteiger partial charge in [0, 0.05) is 40.4 Å². The lowest BCUT2D eigenvalue weighted by Gasteiger charge is -2.37. The number of furan rings is 1. The summed E-state index contributed by atoms with van der Waals surface area (Å²) in [5.41, 5.74) is 2.32. The highest BCUT2D eigenvalue weighted by Crippen LogP contribution is 2.42. The molecule has 0 saturated carbocycles. The molecular weight excluding hydrogens is 406 g/mol. The molecule has 4 rings (SSSR count). The quantitative estimate of drug-likeness (QED) is 0.453. The fourth-order valence-corrected chi connectivity index (χ4v) is 3.78. The number of hydrogen-bond donors (Lipinski definition) is 1. The summed E-state index contributed by atoms with van der Waals surface area (Å²) in [6.07, 6.45) is 3.64. The SMILES string of the molecule is CCn1cc(-c2ccc3cc(C(=O)O)oc3c2N(C(=O)c2ccccc2)C(C)(C)C)cn1. The van der Waals surface area contributed by atoms with E-state index in [1.54, 1.807) is 34.0 Å². The lowest BCUT2D eigenvalue weighted by Crippen LogP contribution is -2.46. The fraction of sp³-hybridized carbons (Fsp3) is 0.240. The van der Waals surface area contributed by atoms with Gasteiger partial charge in [0.05, 0.1) is 11.9 Å². The lowest BCUT2D eigenvalue weighted by molar-refractivity contribution is 0.0665. The monoisotopic (exact) mass is 431 g/mol. The summed E-state index contributed by atoms with van der Waals surface area (Å²) < 4.78 is 7.60. The normalized spacial score (nSPS) is 11.6. The van der Waals surface area contributed by atoms with E-state index in [0.717, 1.165) is 11.1 Å². The van der Waals surface area contributed by atoms with E-state index >= 15 is 0 Å². The van der Waals surface area contributed by atoms with Gasteiger partial charge in [-0.25, -0.2) is 4.79 Å². The van der Waals surface area contributed by atoms with Gasteiger partial charge in [-0.05, 0) is 45.9 Å². The first kappa shape index (κ1) is 21.4. The molecule has 2 heterocycles. The molecule has 32 heavy (non-hydrogen) atoms. The zero-order valence-corrected chi connectivity index (χ0v) is 18.5. The molecule has 4 aromatic rings. The fourth-order valence-electron chi connectivity index (χ4n) is 3.78. The molecule has 0 fully saturated rings. The number of carbonyl (C=O) groups is 2. The van der Waals surface area contributed by atoms with Crippen molar-refractivity contribution in [2.75, 3.05) is 4.90 Å². The summed E-state index contributed by atoms with van der Waals surface area (Å²) in [6.45, 7) is 8.51. The van der Waals surface area contributed by atoms with Crippen LogP contribution >= 0.6 is 0 Å². The number of rotatable bonds is 5. The Morgan fingerprint density at radius 2 is 1.84 bits per heavy atom. The first-order valence-corrected chi connectivity index (χ1v) is 10.4. The van der Waals surface area contributed by atoms with Crippen LogP contribution in [-0.4, -0.2) is 32.3 Å². The molecule has 0 radical (unpaired) electrons. The Morgan fingerprint density at radius 3 is 2.44 bits per heavy atom. The van der Waals surface area contributed by atoms with Gasteiger partial charge in [-0.15, -0.1) is 0 Å². The van der Waals surface area contributed by atoms with Crippen molar-refractivity contribution in [3.05, 3.63) is 72.2 Å². The summed E-state index contributed by atoms with van der Waals surface area (Å²) in [6, 6.07) is 14.2. The van der Waals surface area contributed by atoms with Crippen LogP contribution in [0.25, 0.3) is 22.1 Å². The van der Waals surface area contributed by atoms with E-state index in [4.69, 9.17) is 4.42 Å². The van der Waals surface area contributed by atoms with Crippen LogP contribution in [-0.2, 0) is 6.54 Å². The molecule has 1 N–H and O–H groups in total. The Bertz CT molecular complexity index is 1300. The number of anilines is 1. The van der Waals surface area contributed by atoms with Gasteiger partial charge in [0.1, 0.15) is 0 Å². The number of hydrogen-bond acceptors (Lipinski definition) is 4. The molecule has 0 bridgehead atoms. The molecular formula is C25H25N3O4. The van der Waals surface area contributed by atoms with E-state index in [-0.39, 0.29) is 11.7 Å². The molecule has 2 aromatic heterocycles. The van der Waals surface area contributed by atoms with E-state index in [0.29, 0.717) is 28.8 Å². The highest BCUT2D eigenvalue weighted by Gasteiger charge is 2.34. The third-order valence-corrected chi connectivity index (χ3v) is 5.26. The summed E-state index contributed by atoms with van der Waals surface area (Å²) in [5, 5.41) is 14.5. The molecule has 164 valence electrons. The third-order valence-electron chi connectivity index (χ3n) is 5.26. The molecule has 0 spiro atoms. The molecule has 0 saturated heterocycles. The number of carbonyl (C=O) groups excluding carboxylic acids is 1. The van der Waals surface area contributed by atoms with Gasteiger partial charge in [0.25, 0.3) is 5.91 Å². The number of aryl methyl sites for hydroxylation is 1. The van der Waals surface area contributed by atoms with Crippen molar-refractivity contribution in [1.29, 1.82) is 0 Å². The van der Waals surface area contributed by atoms with Crippen LogP contribution in [0.1, 0.15) is 48.6 Å². The molecule has 1 amide bonds. The minimum Gasteiger partial charge on any atom is -0.475 e. The van der Waals surface area contributed by atoms with E-state index < -0.39 is 11.5 Å². The summed E-state index contributed by atoms with van der Waals surface area (Å²) >= 11 is 0. The average molecular weight is 431 g/mol. The summed E-state index contributed by atoms with van der Waals surface area (Å²) in [7, 11) is 0. The summed E-state index contributed by atoms with van der Waals surface area (Å²) in [4.78, 5) is 27.1. The Balaban J connectivity index is 2.04. The maximum absolute atomic E-state index is 13.8. The molecule has 0 aliphatic rings. The van der Waals surface area contributed by atoms with Crippen LogP contribution in [0.2, 0.25) is 0 Å². The molecule has 7 nitrogen and oxygen atoms in total. The molecule has 0 aliphatic carbocycles. The molecule has 0 atom stereocenters. The first-order chi connectivity index (χ1) is 15.2. The Hall–Kier alpha value is -3.87. The highest BCUT2D eigenvalue weighted by atomic mass is 16.4. The number of carboxylic acids is 1. The van der Waals surface area contributed by atoms with Crippen LogP contribution < -0.4 is 4.90 Å². The number of carboxylic acid groups (broad SMARTS) is 1. The van der Waals surface area contributed by atoms with Gasteiger partial charge in [0.15, 0.2) is 5.58 Å². The van der Waals surface area contributed by atoms with Crippen molar-refractivity contribution in [1.82, 2.24) is 9.78 Å². The highest BCUT2D eigenvalue weighted by molar-refractivity contribution is 6.14. The van der Waals surface area contributed by atoms with E-state index in [9.17, 15) is 14.7 Å². The van der Waals surface area contributed by atoms with Gasteiger partial charge in [0.2, 0.25) is 5.76 Å². The summed E-state index contributed by atoms with van der Waals surface area (Å²) in [5.74, 6) is -1.55. The van der Waals surface area contributed by atoms with Gasteiger partial charge < -0.3 is 9.52 Å². The van der Waals surface area contributed by atoms with Crippen LogP contribution in [0.3, 0.4) is 0 Å². The number of aromatic carboxylic acids is 1. The molecule has 0 unspecified atom stereocenters. The number of benzene rings is 2. The van der Waals surface area contributed by atoms with Crippen molar-refractivity contribution in [2.45, 2.75) is 39.8 Å². The van der Waals surface area contributed by atoms with Crippen molar-refractivity contribution >= 4 is 28.5 Å². The minimum absolute atomic E-state index is 0.177. The predicted molar refractivity (Wildman–Crippen MR) is 123 cm³/mol. The second-order valence-electron chi connectivity index (χ2n) is 8.56. The van der Waals surface area contributed by atoms with Crippen molar-refractivity contribution in [3.8, 4) is 11.1 Å². The van der Waals surface area contributed by atoms with Gasteiger partial charge in [-0.1, -0.05) is 30.3 Å². The zero-order chi connectivity index (χ0) is 23.0. The number of amides is 1. The number of aromatic nitrogens is 2. The Kier molecular flexibility index (Phi) is 5.34. The Labute approximate surface area is 185 Å². The maximum atomic E-state index is 13.8. The van der Waals surface area contributed by atoms with Crippen molar-refractivity contribution in [2.24, 2.45) is 0 Å². The molecule has 2 aromatic carbocycles. The van der Waals surface area contributed by atoms with Crippen molar-refractivity contribution in [3.63, 3.8) is 0 Å². The number of nitrogens with zero attached hydrogens (tertiary/aromatic N) is 3. The average Bonchev–Trinajstić information content (AvgIpc) is 3.41. The van der Waals surface area contributed by atoms with E-state index in [1.807, 2.05) is 58.2 Å². The van der Waals surface area contributed by atoms with Gasteiger partial charge in [-0.3, -0.25) is 14.4 Å². The van der Waals surface area contributed by atoms with Gasteiger partial charge in [-0.2, -0.15) is 5.10 Å². The van der Waals surface area contributed by atoms with Gasteiger partial charge >= 0.3 is 5.97 Å². The van der Waals surface area contributed by atoms with Crippen LogP contribution in [0.15, 0.2) is 65.3 Å². The molecule has 0 aliphatic heterocycles. The second kappa shape index (κ2) is 8.00. The number of fused-ring (bicyclic) bond motifs is 1. The van der Waals surface area contributed by atoms with E-state index in [2.05, 4.69) is 5.10 Å². The lowest BCUT2D eigenvalue weighted by atomic mass is 9.97. The minimum atomic E-state index is -1.16. The largest absolute Gasteiger partial charge is 0.475 e. The second-order valence-corrected chi connectivity index (χ2v) is 8.56. The third kappa shape index (κ3) is 3.77. The Morgan fingerprint density at radius 1 is 1.12 bits per heavy atom. The molecule has 7 heteroatoms. The van der Waals surface area contributed by atoms with E-state index in [1.165, 1.54) is 6.07 Å². The van der Waals surface area contributed by atoms with Crippen LogP contribution in [0.5, 0.6) is 0 Å². The zero-order valence-electron chi connectivity index (χ0n) is 18.5. The maximum Gasteiger partial charge on any atom is 0.371 e. The van der Waals surface area contributed by atoms with Crippen molar-refractivity contribution < 1.29 is 19.1 Å². The van der Waals surface area contributed by atoms with Crippen LogP contribution in [0, 0.1) is 0 Å². The standard InChI is InChI=1S/C25H25N3O4/c1-5-27-15-18(14-26-27)19-12-11-17-13-20(24(30)31)32-22(17)21(19)28(25(2,3)4)23(29)16-9-7-6-8-10-16/h6-15H,5H2,1-4H3,(H,30,31). The topological polar surface area (TPSA) is 88.6 Å². The predicted octanol–water partition coefficient (Wildman–Crippen LogP) is 5.46. The first-order valence-electron chi connectivity index (χ1n) is 10.4. The van der Waals surface area contributed by atoms with Crippen LogP contribution in [0.4, 0.5) is 5.69 Å².